The van der Waals surface area contributed by atoms with Crippen molar-refractivity contribution in [2.75, 3.05) is 27.4 Å². The summed E-state index contributed by atoms with van der Waals surface area (Å²) in [5.74, 6) is 1.55. The molecule has 3 rings (SSSR count). The second kappa shape index (κ2) is 13.6. The van der Waals surface area contributed by atoms with E-state index in [1.165, 1.54) is 0 Å². The highest BCUT2D eigenvalue weighted by Crippen LogP contribution is 2.42. The monoisotopic (exact) mass is 550 g/mol. The van der Waals surface area contributed by atoms with Gasteiger partial charge in [0.25, 0.3) is 0 Å². The lowest BCUT2D eigenvalue weighted by Gasteiger charge is -2.37. The van der Waals surface area contributed by atoms with Gasteiger partial charge in [0.1, 0.15) is 17.1 Å². The van der Waals surface area contributed by atoms with Crippen LogP contribution in [0.4, 0.5) is 0 Å². The van der Waals surface area contributed by atoms with E-state index in [1.54, 1.807) is 14.2 Å². The van der Waals surface area contributed by atoms with Gasteiger partial charge in [0.05, 0.1) is 26.9 Å². The second-order valence-corrected chi connectivity index (χ2v) is 16.4. The Morgan fingerprint density at radius 3 is 1.67 bits per heavy atom. The van der Waals surface area contributed by atoms with Gasteiger partial charge in [-0.25, -0.2) is 0 Å². The molecule has 0 radical (unpaired) electrons. The summed E-state index contributed by atoms with van der Waals surface area (Å²) < 4.78 is 23.9. The molecule has 0 saturated carbocycles. The van der Waals surface area contributed by atoms with Crippen molar-refractivity contribution >= 4 is 8.32 Å². The molecule has 0 saturated heterocycles. The molecule has 6 heteroatoms. The smallest absolute Gasteiger partial charge is 0.191 e. The molecule has 0 bridgehead atoms. The molecule has 39 heavy (non-hydrogen) atoms. The maximum Gasteiger partial charge on any atom is 0.191 e. The highest BCUT2D eigenvalue weighted by Gasteiger charge is 2.39. The molecule has 5 nitrogen and oxygen atoms in total. The third kappa shape index (κ3) is 7.73. The van der Waals surface area contributed by atoms with Crippen molar-refractivity contribution in [3.05, 3.63) is 95.6 Å². The molecular weight excluding hydrogens is 504 g/mol. The largest absolute Gasteiger partial charge is 0.497 e. The highest BCUT2D eigenvalue weighted by molar-refractivity contribution is 6.74. The zero-order valence-corrected chi connectivity index (χ0v) is 25.7. The van der Waals surface area contributed by atoms with Crippen LogP contribution < -0.4 is 9.47 Å². The van der Waals surface area contributed by atoms with Gasteiger partial charge in [0.15, 0.2) is 8.32 Å². The standard InChI is InChI=1S/C33H46O5Si/c1-32(2,3)39(6,7)38-24-12-11-15-29(34)25-37-33(26-13-9-8-10-14-26,27-16-20-30(35-4)21-17-27)28-18-22-31(36-5)23-19-28/h8-10,13-14,16-23,29,34H,11-12,15,24-25H2,1-7H3. The van der Waals surface area contributed by atoms with Gasteiger partial charge in [-0.05, 0) is 78.4 Å². The van der Waals surface area contributed by atoms with Crippen LogP contribution in [0.15, 0.2) is 78.9 Å². The van der Waals surface area contributed by atoms with Crippen LogP contribution in [0.1, 0.15) is 56.7 Å². The fourth-order valence-electron chi connectivity index (χ4n) is 4.40. The van der Waals surface area contributed by atoms with Gasteiger partial charge in [0, 0.05) is 6.61 Å². The normalized spacial score (nSPS) is 13.2. The Kier molecular flexibility index (Phi) is 10.8. The number of unbranched alkanes of at least 4 members (excludes halogenated alkanes) is 1. The molecule has 1 unspecified atom stereocenters. The van der Waals surface area contributed by atoms with E-state index < -0.39 is 20.0 Å². The summed E-state index contributed by atoms with van der Waals surface area (Å²) in [5.41, 5.74) is 1.96. The van der Waals surface area contributed by atoms with E-state index in [0.29, 0.717) is 6.42 Å². The Morgan fingerprint density at radius 1 is 0.718 bits per heavy atom. The molecule has 0 spiro atoms. The second-order valence-electron chi connectivity index (χ2n) is 11.6. The molecule has 0 aliphatic carbocycles. The number of methoxy groups -OCH3 is 2. The van der Waals surface area contributed by atoms with Crippen molar-refractivity contribution in [2.45, 2.75) is 69.9 Å². The highest BCUT2D eigenvalue weighted by atomic mass is 28.4. The minimum atomic E-state index is -1.75. The molecule has 3 aromatic carbocycles. The Morgan fingerprint density at radius 2 is 1.21 bits per heavy atom. The van der Waals surface area contributed by atoms with E-state index in [4.69, 9.17) is 18.6 Å². The van der Waals surface area contributed by atoms with Gasteiger partial charge in [0.2, 0.25) is 0 Å². The van der Waals surface area contributed by atoms with E-state index in [1.807, 2.05) is 66.7 Å². The van der Waals surface area contributed by atoms with Gasteiger partial charge < -0.3 is 23.7 Å². The fraction of sp³-hybridized carbons (Fsp3) is 0.455. The number of ether oxygens (including phenoxy) is 3. The van der Waals surface area contributed by atoms with Gasteiger partial charge in [-0.15, -0.1) is 0 Å². The first kappa shape index (κ1) is 30.9. The maximum atomic E-state index is 11.0. The summed E-state index contributed by atoms with van der Waals surface area (Å²) in [7, 11) is 1.57. The van der Waals surface area contributed by atoms with Crippen molar-refractivity contribution < 1.29 is 23.7 Å². The molecule has 0 aromatic heterocycles. The van der Waals surface area contributed by atoms with Crippen LogP contribution in [-0.2, 0) is 14.8 Å². The molecule has 1 atom stereocenters. The number of benzene rings is 3. The predicted octanol–water partition coefficient (Wildman–Crippen LogP) is 7.57. The van der Waals surface area contributed by atoms with Crippen LogP contribution in [0.5, 0.6) is 11.5 Å². The lowest BCUT2D eigenvalue weighted by molar-refractivity contribution is -0.0407. The average molecular weight is 551 g/mol. The van der Waals surface area contributed by atoms with Gasteiger partial charge in [-0.3, -0.25) is 0 Å². The van der Waals surface area contributed by atoms with Crippen LogP contribution in [0, 0.1) is 0 Å². The van der Waals surface area contributed by atoms with E-state index >= 15 is 0 Å². The summed E-state index contributed by atoms with van der Waals surface area (Å²) >= 11 is 0. The maximum absolute atomic E-state index is 11.0. The lowest BCUT2D eigenvalue weighted by Crippen LogP contribution is -2.41. The Labute approximate surface area is 236 Å². The minimum absolute atomic E-state index is 0.191. The van der Waals surface area contributed by atoms with E-state index in [0.717, 1.165) is 47.6 Å². The molecule has 212 valence electrons. The third-order valence-corrected chi connectivity index (χ3v) is 12.4. The zero-order valence-electron chi connectivity index (χ0n) is 24.7. The van der Waals surface area contributed by atoms with Gasteiger partial charge >= 0.3 is 0 Å². The third-order valence-electron chi connectivity index (χ3n) is 7.87. The fourth-order valence-corrected chi connectivity index (χ4v) is 5.49. The van der Waals surface area contributed by atoms with Gasteiger partial charge in [-0.1, -0.05) is 75.4 Å². The molecule has 0 aliphatic rings. The summed E-state index contributed by atoms with van der Waals surface area (Å²) in [6.07, 6.45) is 1.85. The van der Waals surface area contributed by atoms with E-state index in [2.05, 4.69) is 46.0 Å². The summed E-state index contributed by atoms with van der Waals surface area (Å²) in [5, 5.41) is 11.2. The molecule has 0 heterocycles. The number of rotatable bonds is 14. The van der Waals surface area contributed by atoms with E-state index in [-0.39, 0.29) is 11.6 Å². The molecule has 0 fully saturated rings. The van der Waals surface area contributed by atoms with Crippen LogP contribution >= 0.6 is 0 Å². The molecule has 1 N–H and O–H groups in total. The SMILES string of the molecule is COc1ccc(C(OCC(O)CCCCO[Si](C)(C)C(C)(C)C)(c2ccccc2)c2ccc(OC)cc2)cc1. The summed E-state index contributed by atoms with van der Waals surface area (Å²) in [6.45, 7) is 12.2. The topological polar surface area (TPSA) is 57.2 Å². The Bertz CT molecular complexity index is 1070. The Balaban J connectivity index is 1.81. The van der Waals surface area contributed by atoms with Crippen LogP contribution in [0.25, 0.3) is 0 Å². The summed E-state index contributed by atoms with van der Waals surface area (Å²) in [4.78, 5) is 0. The van der Waals surface area contributed by atoms with Crippen molar-refractivity contribution in [1.29, 1.82) is 0 Å². The average Bonchev–Trinajstić information content (AvgIpc) is 2.93. The quantitative estimate of drug-likeness (QED) is 0.127. The van der Waals surface area contributed by atoms with Crippen molar-refractivity contribution in [3.8, 4) is 11.5 Å². The number of aliphatic hydroxyl groups excluding tert-OH is 1. The molecule has 0 amide bonds. The van der Waals surface area contributed by atoms with Crippen LogP contribution in [0.2, 0.25) is 18.1 Å². The molecule has 0 aliphatic heterocycles. The van der Waals surface area contributed by atoms with Crippen molar-refractivity contribution in [2.24, 2.45) is 0 Å². The van der Waals surface area contributed by atoms with Gasteiger partial charge in [-0.2, -0.15) is 0 Å². The van der Waals surface area contributed by atoms with Crippen LogP contribution in [0.3, 0.4) is 0 Å². The van der Waals surface area contributed by atoms with Crippen LogP contribution in [-0.4, -0.2) is 47.0 Å². The number of hydrogen-bond donors (Lipinski definition) is 1. The first-order valence-electron chi connectivity index (χ1n) is 13.8. The zero-order chi connectivity index (χ0) is 28.5. The minimum Gasteiger partial charge on any atom is -0.497 e. The van der Waals surface area contributed by atoms with E-state index in [9.17, 15) is 5.11 Å². The lowest BCUT2D eigenvalue weighted by atomic mass is 9.80. The Hall–Kier alpha value is -2.64. The number of aliphatic hydroxyl groups is 1. The first-order valence-corrected chi connectivity index (χ1v) is 16.7. The van der Waals surface area contributed by atoms with Crippen molar-refractivity contribution in [3.63, 3.8) is 0 Å². The van der Waals surface area contributed by atoms with Crippen molar-refractivity contribution in [1.82, 2.24) is 0 Å². The molecular formula is C33H46O5Si. The predicted molar refractivity (Wildman–Crippen MR) is 161 cm³/mol. The number of hydrogen-bond acceptors (Lipinski definition) is 5. The molecule has 3 aromatic rings. The summed E-state index contributed by atoms with van der Waals surface area (Å²) in [6, 6.07) is 26.0. The first-order chi connectivity index (χ1) is 18.5.